The number of furan rings is 1. The first-order valence-corrected chi connectivity index (χ1v) is 11.3. The largest absolute Gasteiger partial charge is 0.457 e. The zero-order valence-corrected chi connectivity index (χ0v) is 18.8. The fourth-order valence-corrected chi connectivity index (χ4v) is 4.46. The minimum Gasteiger partial charge on any atom is -0.457 e. The number of thiazole rings is 1. The normalized spacial score (nSPS) is 15.3. The number of hydrogen-bond acceptors (Lipinski definition) is 6. The molecule has 2 amide bonds. The monoisotopic (exact) mass is 441 g/mol. The number of amides is 2. The van der Waals surface area contributed by atoms with E-state index < -0.39 is 5.60 Å². The van der Waals surface area contributed by atoms with Gasteiger partial charge in [-0.15, -0.1) is 11.3 Å². The molecular weight excluding hydrogens is 414 g/mol. The summed E-state index contributed by atoms with van der Waals surface area (Å²) in [6, 6.07) is 11.7. The van der Waals surface area contributed by atoms with Crippen molar-refractivity contribution in [3.63, 3.8) is 0 Å². The van der Waals surface area contributed by atoms with E-state index in [4.69, 9.17) is 9.15 Å². The number of carbonyl (C=O) groups is 2. The lowest BCUT2D eigenvalue weighted by atomic mass is 9.96. The van der Waals surface area contributed by atoms with Gasteiger partial charge in [0.05, 0.1) is 16.8 Å². The summed E-state index contributed by atoms with van der Waals surface area (Å²) in [5.41, 5.74) is 0.435. The summed E-state index contributed by atoms with van der Waals surface area (Å²) in [6.45, 7) is 6.92. The van der Waals surface area contributed by atoms with Crippen molar-refractivity contribution in [3.8, 4) is 10.8 Å². The number of nitrogens with zero attached hydrogens (tertiary/aromatic N) is 2. The Labute approximate surface area is 185 Å². The molecule has 1 fully saturated rings. The highest BCUT2D eigenvalue weighted by atomic mass is 32.1. The fraction of sp³-hybridized carbons (Fsp3) is 0.435. The van der Waals surface area contributed by atoms with Crippen LogP contribution in [0, 0.1) is 5.92 Å². The number of likely N-dealkylation sites (tertiary alicyclic amines) is 1. The molecule has 1 aromatic carbocycles. The van der Waals surface area contributed by atoms with Gasteiger partial charge in [-0.2, -0.15) is 0 Å². The number of carbonyl (C=O) groups excluding carboxylic acids is 2. The van der Waals surface area contributed by atoms with Crippen LogP contribution in [-0.4, -0.2) is 40.6 Å². The zero-order chi connectivity index (χ0) is 22.0. The maximum Gasteiger partial charge on any atom is 0.410 e. The quantitative estimate of drug-likeness (QED) is 0.627. The Morgan fingerprint density at radius 1 is 1.19 bits per heavy atom. The predicted octanol–water partition coefficient (Wildman–Crippen LogP) is 4.82. The lowest BCUT2D eigenvalue weighted by Gasteiger charge is -2.32. The number of nitrogens with one attached hydrogen (secondary N) is 1. The average Bonchev–Trinajstić information content (AvgIpc) is 3.37. The highest BCUT2D eigenvalue weighted by Gasteiger charge is 2.29. The van der Waals surface area contributed by atoms with Gasteiger partial charge in [0, 0.05) is 19.0 Å². The van der Waals surface area contributed by atoms with Crippen molar-refractivity contribution >= 4 is 33.6 Å². The van der Waals surface area contributed by atoms with Crippen LogP contribution in [-0.2, 0) is 16.1 Å². The third-order valence-electron chi connectivity index (χ3n) is 5.12. The second-order valence-electron chi connectivity index (χ2n) is 8.71. The van der Waals surface area contributed by atoms with E-state index in [0.717, 1.165) is 15.2 Å². The van der Waals surface area contributed by atoms with Crippen LogP contribution in [0.25, 0.3) is 21.0 Å². The molecule has 8 heteroatoms. The summed E-state index contributed by atoms with van der Waals surface area (Å²) in [4.78, 5) is 31.0. The van der Waals surface area contributed by atoms with E-state index in [1.807, 2.05) is 57.2 Å². The molecular formula is C23H27N3O4S. The van der Waals surface area contributed by atoms with Gasteiger partial charge in [-0.05, 0) is 57.9 Å². The van der Waals surface area contributed by atoms with Crippen molar-refractivity contribution in [2.45, 2.75) is 45.8 Å². The molecule has 3 heterocycles. The fourth-order valence-electron chi connectivity index (χ4n) is 3.53. The number of hydrogen-bond donors (Lipinski definition) is 1. The molecule has 0 atom stereocenters. The summed E-state index contributed by atoms with van der Waals surface area (Å²) in [5, 5.41) is 3.79. The smallest absolute Gasteiger partial charge is 0.410 e. The van der Waals surface area contributed by atoms with Gasteiger partial charge in [0.1, 0.15) is 11.4 Å². The SMILES string of the molecule is CC(C)(C)OC(=O)N1CCC(C(=O)NCc2ccc(-c3nc4ccccc4s3)o2)CC1. The third kappa shape index (κ3) is 5.25. The van der Waals surface area contributed by atoms with Gasteiger partial charge in [0.15, 0.2) is 10.8 Å². The molecule has 4 rings (SSSR count). The highest BCUT2D eigenvalue weighted by Crippen LogP contribution is 2.31. The average molecular weight is 442 g/mol. The van der Waals surface area contributed by atoms with Gasteiger partial charge in [-0.25, -0.2) is 9.78 Å². The van der Waals surface area contributed by atoms with E-state index in [1.165, 1.54) is 0 Å². The molecule has 0 bridgehead atoms. The second kappa shape index (κ2) is 8.70. The Morgan fingerprint density at radius 3 is 2.65 bits per heavy atom. The summed E-state index contributed by atoms with van der Waals surface area (Å²) in [5.74, 6) is 1.27. The first-order valence-electron chi connectivity index (χ1n) is 10.5. The van der Waals surface area contributed by atoms with Gasteiger partial charge in [0.25, 0.3) is 0 Å². The highest BCUT2D eigenvalue weighted by molar-refractivity contribution is 7.21. The number of rotatable bonds is 4. The Kier molecular flexibility index (Phi) is 6.00. The lowest BCUT2D eigenvalue weighted by molar-refractivity contribution is -0.126. The molecule has 0 radical (unpaired) electrons. The lowest BCUT2D eigenvalue weighted by Crippen LogP contribution is -2.44. The molecule has 1 aliphatic rings. The van der Waals surface area contributed by atoms with Crippen LogP contribution >= 0.6 is 11.3 Å². The summed E-state index contributed by atoms with van der Waals surface area (Å²) >= 11 is 1.58. The van der Waals surface area contributed by atoms with Gasteiger partial charge in [0.2, 0.25) is 5.91 Å². The van der Waals surface area contributed by atoms with E-state index in [0.29, 0.717) is 44.0 Å². The molecule has 0 saturated carbocycles. The van der Waals surface area contributed by atoms with E-state index in [2.05, 4.69) is 10.3 Å². The molecule has 164 valence electrons. The van der Waals surface area contributed by atoms with Crippen LogP contribution < -0.4 is 5.32 Å². The van der Waals surface area contributed by atoms with E-state index in [-0.39, 0.29) is 17.9 Å². The maximum atomic E-state index is 12.6. The Hall–Kier alpha value is -2.87. The summed E-state index contributed by atoms with van der Waals surface area (Å²) < 4.78 is 12.4. The Balaban J connectivity index is 1.27. The molecule has 0 unspecified atom stereocenters. The van der Waals surface area contributed by atoms with Crippen LogP contribution in [0.3, 0.4) is 0 Å². The van der Waals surface area contributed by atoms with Crippen molar-refractivity contribution in [3.05, 3.63) is 42.2 Å². The van der Waals surface area contributed by atoms with Crippen LogP contribution in [0.5, 0.6) is 0 Å². The minimum atomic E-state index is -0.515. The van der Waals surface area contributed by atoms with Gasteiger partial charge < -0.3 is 19.4 Å². The second-order valence-corrected chi connectivity index (χ2v) is 9.74. The van der Waals surface area contributed by atoms with Crippen LogP contribution in [0.15, 0.2) is 40.8 Å². The molecule has 31 heavy (non-hydrogen) atoms. The molecule has 3 aromatic rings. The van der Waals surface area contributed by atoms with Crippen molar-refractivity contribution in [1.29, 1.82) is 0 Å². The topological polar surface area (TPSA) is 84.7 Å². The standard InChI is InChI=1S/C23H27N3O4S/c1-23(2,3)30-22(28)26-12-10-15(11-13-26)20(27)24-14-16-8-9-18(29-16)21-25-17-6-4-5-7-19(17)31-21/h4-9,15H,10-14H2,1-3H3,(H,24,27). The first kappa shape index (κ1) is 21.4. The molecule has 0 aliphatic carbocycles. The van der Waals surface area contributed by atoms with Gasteiger partial charge >= 0.3 is 6.09 Å². The van der Waals surface area contributed by atoms with Gasteiger partial charge in [-0.1, -0.05) is 12.1 Å². The minimum absolute atomic E-state index is 0.0122. The van der Waals surface area contributed by atoms with Crippen molar-refractivity contribution < 1.29 is 18.7 Å². The summed E-state index contributed by atoms with van der Waals surface area (Å²) in [6.07, 6.45) is 0.935. The van der Waals surface area contributed by atoms with E-state index >= 15 is 0 Å². The van der Waals surface area contributed by atoms with Crippen molar-refractivity contribution in [2.75, 3.05) is 13.1 Å². The maximum absolute atomic E-state index is 12.6. The van der Waals surface area contributed by atoms with E-state index in [9.17, 15) is 9.59 Å². The molecule has 7 nitrogen and oxygen atoms in total. The van der Waals surface area contributed by atoms with E-state index in [1.54, 1.807) is 16.2 Å². The first-order chi connectivity index (χ1) is 14.8. The zero-order valence-electron chi connectivity index (χ0n) is 18.0. The molecule has 1 N–H and O–H groups in total. The Morgan fingerprint density at radius 2 is 1.94 bits per heavy atom. The third-order valence-corrected chi connectivity index (χ3v) is 6.17. The number of benzene rings is 1. The van der Waals surface area contributed by atoms with Crippen molar-refractivity contribution in [2.24, 2.45) is 5.92 Å². The van der Waals surface area contributed by atoms with Crippen LogP contribution in [0.1, 0.15) is 39.4 Å². The predicted molar refractivity (Wildman–Crippen MR) is 120 cm³/mol. The van der Waals surface area contributed by atoms with Gasteiger partial charge in [-0.3, -0.25) is 4.79 Å². The molecule has 0 spiro atoms. The van der Waals surface area contributed by atoms with Crippen LogP contribution in [0.4, 0.5) is 4.79 Å². The number of fused-ring (bicyclic) bond motifs is 1. The molecule has 2 aromatic heterocycles. The molecule has 1 saturated heterocycles. The molecule has 1 aliphatic heterocycles. The van der Waals surface area contributed by atoms with Crippen LogP contribution in [0.2, 0.25) is 0 Å². The number of aromatic nitrogens is 1. The number of piperidine rings is 1. The number of ether oxygens (including phenoxy) is 1. The Bertz CT molecular complexity index is 1040. The summed E-state index contributed by atoms with van der Waals surface area (Å²) in [7, 11) is 0. The van der Waals surface area contributed by atoms with Crippen molar-refractivity contribution in [1.82, 2.24) is 15.2 Å². The number of para-hydroxylation sites is 1.